The number of hydrogen-bond donors (Lipinski definition) is 1. The van der Waals surface area contributed by atoms with Crippen molar-refractivity contribution in [2.24, 2.45) is 0 Å². The maximum atomic E-state index is 12.0. The fourth-order valence-electron chi connectivity index (χ4n) is 1.51. The molecule has 0 saturated heterocycles. The van der Waals surface area contributed by atoms with Gasteiger partial charge in [0.25, 0.3) is 5.78 Å². The average Bonchev–Trinajstić information content (AvgIpc) is 2.38. The number of carbonyl (C=O) groups is 2. The van der Waals surface area contributed by atoms with Gasteiger partial charge in [-0.15, -0.1) is 0 Å². The number of ketones is 1. The first-order valence-corrected chi connectivity index (χ1v) is 5.51. The van der Waals surface area contributed by atoms with Crippen molar-refractivity contribution in [3.63, 3.8) is 0 Å². The highest BCUT2D eigenvalue weighted by Gasteiger charge is 2.38. The first-order chi connectivity index (χ1) is 9.36. The highest BCUT2D eigenvalue weighted by molar-refractivity contribution is 6.33. The number of hydrogen-bond acceptors (Lipinski definition) is 2. The van der Waals surface area contributed by atoms with E-state index in [2.05, 4.69) is 4.79 Å². The SMILES string of the molecule is [N-]=[N+]=CC(=O)c1ccccc1CCNC(=O)C(F)(F)F. The summed E-state index contributed by atoms with van der Waals surface area (Å²) in [6, 6.07) is 6.16. The third-order valence-electron chi connectivity index (χ3n) is 2.40. The van der Waals surface area contributed by atoms with E-state index in [1.54, 1.807) is 17.4 Å². The van der Waals surface area contributed by atoms with Crippen LogP contribution in [0.15, 0.2) is 24.3 Å². The van der Waals surface area contributed by atoms with Gasteiger partial charge < -0.3 is 10.8 Å². The van der Waals surface area contributed by atoms with Gasteiger partial charge in [-0.1, -0.05) is 24.3 Å². The van der Waals surface area contributed by atoms with Crippen molar-refractivity contribution in [3.05, 3.63) is 40.9 Å². The maximum Gasteiger partial charge on any atom is 0.471 e. The fourth-order valence-corrected chi connectivity index (χ4v) is 1.51. The van der Waals surface area contributed by atoms with Gasteiger partial charge in [0, 0.05) is 12.1 Å². The lowest BCUT2D eigenvalue weighted by Crippen LogP contribution is -2.37. The second-order valence-electron chi connectivity index (χ2n) is 3.77. The Bertz CT molecular complexity index is 563. The summed E-state index contributed by atoms with van der Waals surface area (Å²) in [5.74, 6) is -2.61. The molecular formula is C12H10F3N3O2. The van der Waals surface area contributed by atoms with Crippen molar-refractivity contribution in [2.75, 3.05) is 6.54 Å². The Morgan fingerprint density at radius 1 is 1.30 bits per heavy atom. The lowest BCUT2D eigenvalue weighted by molar-refractivity contribution is -0.173. The Hall–Kier alpha value is -2.47. The van der Waals surface area contributed by atoms with Crippen molar-refractivity contribution in [1.29, 1.82) is 0 Å². The lowest BCUT2D eigenvalue weighted by Gasteiger charge is -2.09. The van der Waals surface area contributed by atoms with Crippen LogP contribution in [0.25, 0.3) is 5.53 Å². The Kier molecular flexibility index (Phi) is 5.16. The number of carbonyl (C=O) groups excluding carboxylic acids is 2. The Balaban J connectivity index is 2.72. The summed E-state index contributed by atoms with van der Waals surface area (Å²) in [4.78, 5) is 24.8. The zero-order valence-corrected chi connectivity index (χ0v) is 10.1. The summed E-state index contributed by atoms with van der Waals surface area (Å²) in [5.41, 5.74) is 8.94. The highest BCUT2D eigenvalue weighted by atomic mass is 19.4. The standard InChI is InChI=1S/C12H10F3N3O2/c13-12(14,15)11(20)17-6-5-8-3-1-2-4-9(8)10(19)7-18-16/h1-4,7H,5-6H2,(H,17,20). The molecule has 0 atom stereocenters. The molecular weight excluding hydrogens is 275 g/mol. The van der Waals surface area contributed by atoms with Crippen LogP contribution < -0.4 is 5.32 Å². The molecule has 1 N–H and O–H groups in total. The number of amides is 1. The summed E-state index contributed by atoms with van der Waals surface area (Å²) >= 11 is 0. The molecule has 1 rings (SSSR count). The summed E-state index contributed by atoms with van der Waals surface area (Å²) in [6.45, 7) is -0.265. The van der Waals surface area contributed by atoms with Crippen LogP contribution in [0.2, 0.25) is 0 Å². The van der Waals surface area contributed by atoms with Gasteiger partial charge in [-0.05, 0) is 12.0 Å². The highest BCUT2D eigenvalue weighted by Crippen LogP contribution is 2.14. The van der Waals surface area contributed by atoms with Gasteiger partial charge in [0.2, 0.25) is 0 Å². The number of Topliss-reactive ketones (excluding diaryl/α,β-unsaturated/α-hetero) is 1. The van der Waals surface area contributed by atoms with Gasteiger partial charge in [0.05, 0.1) is 0 Å². The number of alkyl halides is 3. The molecule has 20 heavy (non-hydrogen) atoms. The Labute approximate surface area is 112 Å². The van der Waals surface area contributed by atoms with E-state index in [1.807, 2.05) is 0 Å². The molecule has 1 amide bonds. The second kappa shape index (κ2) is 6.63. The van der Waals surface area contributed by atoms with Crippen LogP contribution in [-0.2, 0) is 11.2 Å². The summed E-state index contributed by atoms with van der Waals surface area (Å²) in [7, 11) is 0. The number of nitrogens with zero attached hydrogens (tertiary/aromatic N) is 2. The number of halogens is 3. The maximum absolute atomic E-state index is 12.0. The predicted molar refractivity (Wildman–Crippen MR) is 63.2 cm³/mol. The minimum absolute atomic E-state index is 0.0446. The van der Waals surface area contributed by atoms with Crippen molar-refractivity contribution < 1.29 is 27.6 Å². The van der Waals surface area contributed by atoms with Crippen LogP contribution in [0.3, 0.4) is 0 Å². The normalized spacial score (nSPS) is 10.6. The molecule has 0 heterocycles. The van der Waals surface area contributed by atoms with Crippen LogP contribution >= 0.6 is 0 Å². The molecule has 0 bridgehead atoms. The van der Waals surface area contributed by atoms with E-state index < -0.39 is 17.9 Å². The first-order valence-electron chi connectivity index (χ1n) is 5.51. The minimum Gasteiger partial charge on any atom is -0.361 e. The molecule has 1 aromatic carbocycles. The van der Waals surface area contributed by atoms with Crippen LogP contribution in [0, 0.1) is 0 Å². The van der Waals surface area contributed by atoms with E-state index >= 15 is 0 Å². The molecule has 0 saturated carbocycles. The lowest BCUT2D eigenvalue weighted by atomic mass is 10.0. The largest absolute Gasteiger partial charge is 0.471 e. The van der Waals surface area contributed by atoms with E-state index in [0.717, 1.165) is 0 Å². The zero-order valence-electron chi connectivity index (χ0n) is 10.1. The van der Waals surface area contributed by atoms with Gasteiger partial charge in [-0.2, -0.15) is 18.0 Å². The van der Waals surface area contributed by atoms with E-state index in [1.165, 1.54) is 12.1 Å². The fraction of sp³-hybridized carbons (Fsp3) is 0.250. The minimum atomic E-state index is -4.93. The van der Waals surface area contributed by atoms with Gasteiger partial charge >= 0.3 is 18.3 Å². The molecule has 1 aromatic rings. The molecule has 0 fully saturated rings. The topological polar surface area (TPSA) is 82.6 Å². The Morgan fingerprint density at radius 3 is 2.55 bits per heavy atom. The zero-order chi connectivity index (χ0) is 15.2. The molecule has 0 aliphatic heterocycles. The summed E-state index contributed by atoms with van der Waals surface area (Å²) in [6.07, 6.45) is -4.20. The van der Waals surface area contributed by atoms with Gasteiger partial charge in [0.1, 0.15) is 0 Å². The van der Waals surface area contributed by atoms with E-state index in [4.69, 9.17) is 5.53 Å². The molecule has 0 radical (unpaired) electrons. The quantitative estimate of drug-likeness (QED) is 0.384. The van der Waals surface area contributed by atoms with E-state index in [9.17, 15) is 22.8 Å². The molecule has 0 aliphatic rings. The van der Waals surface area contributed by atoms with Crippen LogP contribution in [0.1, 0.15) is 15.9 Å². The molecule has 106 valence electrons. The summed E-state index contributed by atoms with van der Waals surface area (Å²) < 4.78 is 35.9. The number of rotatable bonds is 5. The Morgan fingerprint density at radius 2 is 1.95 bits per heavy atom. The number of benzene rings is 1. The predicted octanol–water partition coefficient (Wildman–Crippen LogP) is 1.39. The number of nitrogens with one attached hydrogen (secondary N) is 1. The molecule has 0 aliphatic carbocycles. The van der Waals surface area contributed by atoms with Crippen molar-refractivity contribution in [2.45, 2.75) is 12.6 Å². The third-order valence-corrected chi connectivity index (χ3v) is 2.40. The van der Waals surface area contributed by atoms with Crippen LogP contribution in [0.4, 0.5) is 13.2 Å². The van der Waals surface area contributed by atoms with E-state index in [-0.39, 0.29) is 18.5 Å². The van der Waals surface area contributed by atoms with Crippen LogP contribution in [0.5, 0.6) is 0 Å². The summed E-state index contributed by atoms with van der Waals surface area (Å²) in [5, 5.41) is 1.71. The van der Waals surface area contributed by atoms with Crippen molar-refractivity contribution in [1.82, 2.24) is 5.32 Å². The molecule has 0 unspecified atom stereocenters. The van der Waals surface area contributed by atoms with Gasteiger partial charge in [-0.3, -0.25) is 9.59 Å². The molecule has 0 spiro atoms. The van der Waals surface area contributed by atoms with Crippen molar-refractivity contribution >= 4 is 17.9 Å². The first kappa shape index (κ1) is 15.6. The van der Waals surface area contributed by atoms with Crippen LogP contribution in [-0.4, -0.2) is 35.4 Å². The molecule has 5 nitrogen and oxygen atoms in total. The monoisotopic (exact) mass is 285 g/mol. The van der Waals surface area contributed by atoms with Crippen molar-refractivity contribution in [3.8, 4) is 0 Å². The van der Waals surface area contributed by atoms with Gasteiger partial charge in [0.15, 0.2) is 0 Å². The average molecular weight is 285 g/mol. The van der Waals surface area contributed by atoms with E-state index in [0.29, 0.717) is 11.8 Å². The second-order valence-corrected chi connectivity index (χ2v) is 3.77. The molecule has 0 aromatic heterocycles. The third kappa shape index (κ3) is 4.33. The molecule has 8 heteroatoms. The smallest absolute Gasteiger partial charge is 0.361 e. The van der Waals surface area contributed by atoms with Gasteiger partial charge in [-0.25, -0.2) is 0 Å².